The number of imide groups is 1. The minimum absolute atomic E-state index is 0.0462. The van der Waals surface area contributed by atoms with Gasteiger partial charge >= 0.3 is 17.8 Å². The molecule has 15 heteroatoms. The lowest BCUT2D eigenvalue weighted by Crippen LogP contribution is -2.49. The summed E-state index contributed by atoms with van der Waals surface area (Å²) in [4.78, 5) is 54.6. The number of nitrogens with zero attached hydrogens (tertiary/aromatic N) is 8. The Kier molecular flexibility index (Phi) is 11.0. The number of aromatic nitrogens is 5. The molecule has 4 amide bonds. The smallest absolute Gasteiger partial charge is 0.329 e. The van der Waals surface area contributed by atoms with E-state index in [0.717, 1.165) is 115 Å². The van der Waals surface area contributed by atoms with E-state index in [2.05, 4.69) is 94.2 Å². The number of H-pyrrole nitrogens is 1. The van der Waals surface area contributed by atoms with Crippen LogP contribution in [0.5, 0.6) is 0 Å². The lowest BCUT2D eigenvalue weighted by atomic mass is 9.95. The van der Waals surface area contributed by atoms with Crippen molar-refractivity contribution in [3.8, 4) is 22.4 Å². The summed E-state index contributed by atoms with van der Waals surface area (Å²) in [6, 6.07) is 24.4. The van der Waals surface area contributed by atoms with E-state index in [1.165, 1.54) is 10.6 Å². The van der Waals surface area contributed by atoms with E-state index in [1.54, 1.807) is 0 Å². The average molecular weight is 836 g/mol. The molecule has 9 rings (SSSR count). The van der Waals surface area contributed by atoms with Crippen LogP contribution in [0.1, 0.15) is 74.2 Å². The van der Waals surface area contributed by atoms with Gasteiger partial charge in [0.05, 0.1) is 6.04 Å². The number of aromatic amines is 1. The summed E-state index contributed by atoms with van der Waals surface area (Å²) in [5.74, 6) is 0.445. The van der Waals surface area contributed by atoms with E-state index in [0.29, 0.717) is 11.7 Å². The SMILES string of the molecule is Cc1cc(-c2n[nH]c3ncc(-c4ccc(N5CCN(CC6CCN(c7ccc(N8CC(=O)NC8=O)cc7)CC6)CC5)cc4)cc23)ccc1[C@@H](C)NC(=O)c1nc(C(C)(C)C)no1. The van der Waals surface area contributed by atoms with Gasteiger partial charge in [-0.15, -0.1) is 0 Å². The Bertz CT molecular complexity index is 2600. The molecule has 3 N–H and O–H groups in total. The molecular weight excluding hydrogens is 783 g/mol. The summed E-state index contributed by atoms with van der Waals surface area (Å²) >= 11 is 0. The fourth-order valence-corrected chi connectivity index (χ4v) is 8.83. The number of pyridine rings is 1. The molecule has 0 aliphatic carbocycles. The number of carbonyl (C=O) groups is 3. The zero-order chi connectivity index (χ0) is 43.1. The second kappa shape index (κ2) is 16.7. The zero-order valence-corrected chi connectivity index (χ0v) is 35.9. The van der Waals surface area contributed by atoms with Crippen LogP contribution in [0.3, 0.4) is 0 Å². The molecule has 6 aromatic rings. The summed E-state index contributed by atoms with van der Waals surface area (Å²) in [5, 5.41) is 18.0. The van der Waals surface area contributed by atoms with Crippen molar-refractivity contribution >= 4 is 45.9 Å². The monoisotopic (exact) mass is 835 g/mol. The minimum atomic E-state index is -0.407. The predicted molar refractivity (Wildman–Crippen MR) is 239 cm³/mol. The van der Waals surface area contributed by atoms with Crippen molar-refractivity contribution in [3.05, 3.63) is 102 Å². The number of benzene rings is 3. The third-order valence-electron chi connectivity index (χ3n) is 12.5. The Morgan fingerprint density at radius 3 is 2.16 bits per heavy atom. The number of fused-ring (bicyclic) bond motifs is 1. The molecule has 3 saturated heterocycles. The fraction of sp³-hybridized carbons (Fsp3) is 0.383. The van der Waals surface area contributed by atoms with Crippen molar-refractivity contribution in [2.45, 2.75) is 58.9 Å². The lowest BCUT2D eigenvalue weighted by molar-refractivity contribution is -0.117. The van der Waals surface area contributed by atoms with Gasteiger partial charge in [-0.2, -0.15) is 10.1 Å². The maximum atomic E-state index is 12.9. The molecule has 3 aromatic carbocycles. The zero-order valence-electron chi connectivity index (χ0n) is 35.9. The van der Waals surface area contributed by atoms with Crippen molar-refractivity contribution in [1.82, 2.24) is 40.9 Å². The molecule has 62 heavy (non-hydrogen) atoms. The first-order chi connectivity index (χ1) is 29.9. The molecule has 3 fully saturated rings. The van der Waals surface area contributed by atoms with Gasteiger partial charge in [-0.25, -0.2) is 9.78 Å². The van der Waals surface area contributed by atoms with Crippen LogP contribution < -0.4 is 25.3 Å². The van der Waals surface area contributed by atoms with Crippen LogP contribution in [0, 0.1) is 12.8 Å². The molecule has 6 heterocycles. The van der Waals surface area contributed by atoms with E-state index in [1.807, 2.05) is 65.1 Å². The summed E-state index contributed by atoms with van der Waals surface area (Å²) in [7, 11) is 0. The minimum Gasteiger partial charge on any atom is -0.372 e. The van der Waals surface area contributed by atoms with Crippen LogP contribution >= 0.6 is 0 Å². The van der Waals surface area contributed by atoms with Gasteiger partial charge < -0.3 is 19.6 Å². The van der Waals surface area contributed by atoms with Gasteiger partial charge in [0.2, 0.25) is 5.91 Å². The maximum absolute atomic E-state index is 12.9. The Labute approximate surface area is 360 Å². The number of amides is 4. The van der Waals surface area contributed by atoms with Crippen molar-refractivity contribution < 1.29 is 18.9 Å². The quantitative estimate of drug-likeness (QED) is 0.123. The van der Waals surface area contributed by atoms with Gasteiger partial charge in [-0.1, -0.05) is 50.2 Å². The summed E-state index contributed by atoms with van der Waals surface area (Å²) in [6.07, 6.45) is 4.21. The Balaban J connectivity index is 0.773. The second-order valence-electron chi connectivity index (χ2n) is 17.9. The van der Waals surface area contributed by atoms with Crippen molar-refractivity contribution in [2.24, 2.45) is 5.92 Å². The van der Waals surface area contributed by atoms with Gasteiger partial charge in [0.15, 0.2) is 11.5 Å². The molecule has 3 aromatic heterocycles. The van der Waals surface area contributed by atoms with Gasteiger partial charge in [0, 0.05) is 91.0 Å². The number of hydrogen-bond acceptors (Lipinski definition) is 11. The predicted octanol–water partition coefficient (Wildman–Crippen LogP) is 6.87. The molecule has 3 aliphatic heterocycles. The molecule has 0 spiro atoms. The maximum Gasteiger partial charge on any atom is 0.329 e. The van der Waals surface area contributed by atoms with Crippen LogP contribution in [-0.2, 0) is 10.2 Å². The number of piperidine rings is 1. The van der Waals surface area contributed by atoms with Gasteiger partial charge in [0.25, 0.3) is 0 Å². The number of urea groups is 1. The third kappa shape index (κ3) is 8.49. The third-order valence-corrected chi connectivity index (χ3v) is 12.5. The lowest BCUT2D eigenvalue weighted by Gasteiger charge is -2.40. The highest BCUT2D eigenvalue weighted by molar-refractivity contribution is 6.12. The number of aryl methyl sites for hydroxylation is 1. The average Bonchev–Trinajstić information content (AvgIpc) is 4.03. The fourth-order valence-electron chi connectivity index (χ4n) is 8.83. The number of piperazine rings is 1. The van der Waals surface area contributed by atoms with Gasteiger partial charge in [0.1, 0.15) is 12.2 Å². The largest absolute Gasteiger partial charge is 0.372 e. The first-order valence-corrected chi connectivity index (χ1v) is 21.5. The highest BCUT2D eigenvalue weighted by Gasteiger charge is 2.29. The van der Waals surface area contributed by atoms with E-state index in [9.17, 15) is 14.4 Å². The Hall–Kier alpha value is -6.61. The Morgan fingerprint density at radius 2 is 1.52 bits per heavy atom. The Morgan fingerprint density at radius 1 is 0.855 bits per heavy atom. The molecule has 1 atom stereocenters. The van der Waals surface area contributed by atoms with E-state index < -0.39 is 5.91 Å². The number of carbonyl (C=O) groups excluding carboxylic acids is 3. The topological polar surface area (TPSA) is 169 Å². The molecule has 0 bridgehead atoms. The van der Waals surface area contributed by atoms with Crippen molar-refractivity contribution in [3.63, 3.8) is 0 Å². The molecule has 0 saturated carbocycles. The number of hydrogen-bond donors (Lipinski definition) is 3. The second-order valence-corrected chi connectivity index (χ2v) is 17.9. The summed E-state index contributed by atoms with van der Waals surface area (Å²) in [5.41, 5.74) is 9.43. The number of anilines is 3. The van der Waals surface area contributed by atoms with E-state index in [4.69, 9.17) is 9.51 Å². The number of rotatable bonds is 10. The summed E-state index contributed by atoms with van der Waals surface area (Å²) < 4.78 is 5.25. The molecule has 320 valence electrons. The standard InChI is InChI=1S/C47H53N11O4/c1-29-24-33(8-15-38(29)30(2)49-43(60)44-51-45(54-62-44)47(3,4)5)41-39-25-34(26-48-42(39)53-52-41)32-6-9-35(10-7-32)57-22-20-55(21-23-57)27-31-16-18-56(19-17-31)36-11-13-37(14-12-36)58-28-40(59)50-46(58)61/h6-15,24-26,30-31H,16-23,27-28H2,1-5H3,(H,49,60)(H,48,52,53)(H,50,59,61)/t30-/m1/s1. The molecular formula is C47H53N11O4. The first kappa shape index (κ1) is 40.8. The van der Waals surface area contributed by atoms with Crippen LogP contribution in [0.25, 0.3) is 33.4 Å². The van der Waals surface area contributed by atoms with Crippen LogP contribution in [0.15, 0.2) is 83.5 Å². The van der Waals surface area contributed by atoms with Crippen molar-refractivity contribution in [1.29, 1.82) is 0 Å². The van der Waals surface area contributed by atoms with Gasteiger partial charge in [-0.05, 0) is 97.8 Å². The van der Waals surface area contributed by atoms with E-state index >= 15 is 0 Å². The molecule has 0 unspecified atom stereocenters. The van der Waals surface area contributed by atoms with Crippen LogP contribution in [0.2, 0.25) is 0 Å². The highest BCUT2D eigenvalue weighted by atomic mass is 16.5. The summed E-state index contributed by atoms with van der Waals surface area (Å²) in [6.45, 7) is 17.2. The molecule has 3 aliphatic rings. The van der Waals surface area contributed by atoms with E-state index in [-0.39, 0.29) is 35.8 Å². The van der Waals surface area contributed by atoms with Crippen LogP contribution in [-0.4, -0.2) is 100 Å². The van der Waals surface area contributed by atoms with Crippen LogP contribution in [0.4, 0.5) is 21.9 Å². The first-order valence-electron chi connectivity index (χ1n) is 21.5. The highest BCUT2D eigenvalue weighted by Crippen LogP contribution is 2.33. The normalized spacial score (nSPS) is 17.2. The van der Waals surface area contributed by atoms with Crippen molar-refractivity contribution in [2.75, 3.05) is 67.1 Å². The molecule has 0 radical (unpaired) electrons. The number of nitrogens with one attached hydrogen (secondary N) is 3. The molecule has 15 nitrogen and oxygen atoms in total. The van der Waals surface area contributed by atoms with Gasteiger partial charge in [-0.3, -0.25) is 29.8 Å².